The lowest BCUT2D eigenvalue weighted by Crippen LogP contribution is -2.43. The van der Waals surface area contributed by atoms with Crippen LogP contribution in [0.25, 0.3) is 0 Å². The van der Waals surface area contributed by atoms with Crippen molar-refractivity contribution < 1.29 is 0 Å². The molecule has 3 heterocycles. The molecule has 1 unspecified atom stereocenters. The normalized spacial score (nSPS) is 17.8. The van der Waals surface area contributed by atoms with E-state index in [4.69, 9.17) is 5.26 Å². The number of hydrogen-bond acceptors (Lipinski definition) is 7. The molecule has 1 N–H and O–H groups in total. The van der Waals surface area contributed by atoms with E-state index < -0.39 is 0 Å². The summed E-state index contributed by atoms with van der Waals surface area (Å²) in [7, 11) is 0. The third-order valence-electron chi connectivity index (χ3n) is 3.62. The van der Waals surface area contributed by atoms with Crippen LogP contribution in [-0.2, 0) is 0 Å². The van der Waals surface area contributed by atoms with E-state index in [-0.39, 0.29) is 6.04 Å². The SMILES string of the molecule is Cc1cc(NC2CCCN(c3nccc(C#N)n3)C2)ncn1. The number of piperidine rings is 1. The topological polar surface area (TPSA) is 90.6 Å². The summed E-state index contributed by atoms with van der Waals surface area (Å²) in [6.07, 6.45) is 5.31. The molecule has 0 aliphatic carbocycles. The molecule has 1 aliphatic rings. The number of nitrogens with one attached hydrogen (secondary N) is 1. The number of nitrogens with zero attached hydrogens (tertiary/aromatic N) is 6. The molecule has 2 aromatic heterocycles. The first-order chi connectivity index (χ1) is 10.7. The van der Waals surface area contributed by atoms with Gasteiger partial charge in [0, 0.05) is 37.1 Å². The van der Waals surface area contributed by atoms with Gasteiger partial charge in [0.1, 0.15) is 23.9 Å². The fourth-order valence-electron chi connectivity index (χ4n) is 2.58. The van der Waals surface area contributed by atoms with E-state index in [9.17, 15) is 0 Å². The third-order valence-corrected chi connectivity index (χ3v) is 3.62. The van der Waals surface area contributed by atoms with Crippen molar-refractivity contribution in [2.24, 2.45) is 0 Å². The van der Waals surface area contributed by atoms with Gasteiger partial charge in [0.15, 0.2) is 0 Å². The molecule has 0 bridgehead atoms. The molecule has 22 heavy (non-hydrogen) atoms. The predicted octanol–water partition coefficient (Wildman–Crippen LogP) is 1.53. The zero-order valence-corrected chi connectivity index (χ0v) is 12.4. The lowest BCUT2D eigenvalue weighted by Gasteiger charge is -2.33. The molecule has 1 atom stereocenters. The molecule has 3 rings (SSSR count). The maximum atomic E-state index is 8.95. The lowest BCUT2D eigenvalue weighted by molar-refractivity contribution is 0.521. The van der Waals surface area contributed by atoms with Crippen LogP contribution in [0, 0.1) is 18.3 Å². The Kier molecular flexibility index (Phi) is 4.10. The Morgan fingerprint density at radius 3 is 3.09 bits per heavy atom. The number of nitriles is 1. The zero-order chi connectivity index (χ0) is 15.4. The van der Waals surface area contributed by atoms with Gasteiger partial charge in [0.25, 0.3) is 0 Å². The Morgan fingerprint density at radius 1 is 1.36 bits per heavy atom. The van der Waals surface area contributed by atoms with Crippen LogP contribution in [0.4, 0.5) is 11.8 Å². The summed E-state index contributed by atoms with van der Waals surface area (Å²) in [4.78, 5) is 19.0. The first-order valence-corrected chi connectivity index (χ1v) is 7.28. The molecule has 0 aromatic carbocycles. The second-order valence-corrected chi connectivity index (χ2v) is 5.33. The maximum Gasteiger partial charge on any atom is 0.226 e. The fraction of sp³-hybridized carbons (Fsp3) is 0.400. The van der Waals surface area contributed by atoms with Gasteiger partial charge in [-0.05, 0) is 25.8 Å². The van der Waals surface area contributed by atoms with E-state index >= 15 is 0 Å². The van der Waals surface area contributed by atoms with Crippen LogP contribution >= 0.6 is 0 Å². The van der Waals surface area contributed by atoms with Crippen LogP contribution in [0.1, 0.15) is 24.2 Å². The molecule has 7 heteroatoms. The highest BCUT2D eigenvalue weighted by molar-refractivity contribution is 5.39. The Balaban J connectivity index is 1.70. The van der Waals surface area contributed by atoms with Crippen molar-refractivity contribution in [2.45, 2.75) is 25.8 Å². The first-order valence-electron chi connectivity index (χ1n) is 7.28. The minimum absolute atomic E-state index is 0.275. The van der Waals surface area contributed by atoms with Crippen LogP contribution in [0.15, 0.2) is 24.7 Å². The van der Waals surface area contributed by atoms with E-state index in [0.29, 0.717) is 11.6 Å². The van der Waals surface area contributed by atoms with Crippen molar-refractivity contribution in [3.05, 3.63) is 36.0 Å². The molecular formula is C15H17N7. The van der Waals surface area contributed by atoms with E-state index in [1.807, 2.05) is 13.0 Å². The molecule has 7 nitrogen and oxygen atoms in total. The maximum absolute atomic E-state index is 8.95. The van der Waals surface area contributed by atoms with Crippen LogP contribution in [-0.4, -0.2) is 39.1 Å². The number of aromatic nitrogens is 4. The van der Waals surface area contributed by atoms with Gasteiger partial charge < -0.3 is 10.2 Å². The monoisotopic (exact) mass is 295 g/mol. The lowest BCUT2D eigenvalue weighted by atomic mass is 10.1. The summed E-state index contributed by atoms with van der Waals surface area (Å²) < 4.78 is 0. The summed E-state index contributed by atoms with van der Waals surface area (Å²) in [5.41, 5.74) is 1.33. The molecule has 1 aliphatic heterocycles. The summed E-state index contributed by atoms with van der Waals surface area (Å²) in [5, 5.41) is 12.4. The number of hydrogen-bond donors (Lipinski definition) is 1. The summed E-state index contributed by atoms with van der Waals surface area (Å²) >= 11 is 0. The van der Waals surface area contributed by atoms with Gasteiger partial charge in [-0.1, -0.05) is 0 Å². The van der Waals surface area contributed by atoms with Gasteiger partial charge in [-0.3, -0.25) is 0 Å². The number of rotatable bonds is 3. The van der Waals surface area contributed by atoms with Crippen molar-refractivity contribution >= 4 is 11.8 Å². The van der Waals surface area contributed by atoms with E-state index in [1.54, 1.807) is 18.6 Å². The number of aryl methyl sites for hydroxylation is 1. The standard InChI is InChI=1S/C15H17N7/c1-11-7-14(19-10-18-11)20-13-3-2-6-22(9-13)15-17-5-4-12(8-16)21-15/h4-5,7,10,13H,2-3,6,9H2,1H3,(H,18,19,20). The molecule has 0 radical (unpaired) electrons. The Morgan fingerprint density at radius 2 is 2.27 bits per heavy atom. The summed E-state index contributed by atoms with van der Waals surface area (Å²) in [6.45, 7) is 3.63. The largest absolute Gasteiger partial charge is 0.365 e. The van der Waals surface area contributed by atoms with Crippen molar-refractivity contribution in [3.63, 3.8) is 0 Å². The molecule has 0 spiro atoms. The summed E-state index contributed by atoms with van der Waals surface area (Å²) in [6, 6.07) is 5.88. The average molecular weight is 295 g/mol. The van der Waals surface area contributed by atoms with Crippen molar-refractivity contribution in [1.82, 2.24) is 19.9 Å². The van der Waals surface area contributed by atoms with Gasteiger partial charge in [-0.15, -0.1) is 0 Å². The molecule has 112 valence electrons. The predicted molar refractivity (Wildman–Crippen MR) is 82.4 cm³/mol. The number of anilines is 2. The molecule has 1 fully saturated rings. The van der Waals surface area contributed by atoms with E-state index in [0.717, 1.165) is 37.4 Å². The van der Waals surface area contributed by atoms with Crippen molar-refractivity contribution in [1.29, 1.82) is 5.26 Å². The van der Waals surface area contributed by atoms with Crippen LogP contribution in [0.5, 0.6) is 0 Å². The second-order valence-electron chi connectivity index (χ2n) is 5.33. The quantitative estimate of drug-likeness (QED) is 0.918. The Labute approximate surface area is 129 Å². The van der Waals surface area contributed by atoms with Gasteiger partial charge >= 0.3 is 0 Å². The van der Waals surface area contributed by atoms with Crippen LogP contribution in [0.3, 0.4) is 0 Å². The van der Waals surface area contributed by atoms with Crippen LogP contribution < -0.4 is 10.2 Å². The van der Waals surface area contributed by atoms with Crippen molar-refractivity contribution in [2.75, 3.05) is 23.3 Å². The second kappa shape index (κ2) is 6.35. The smallest absolute Gasteiger partial charge is 0.226 e. The third kappa shape index (κ3) is 3.28. The van der Waals surface area contributed by atoms with E-state index in [1.165, 1.54) is 0 Å². The average Bonchev–Trinajstić information content (AvgIpc) is 2.55. The molecular weight excluding hydrogens is 278 g/mol. The van der Waals surface area contributed by atoms with Crippen LogP contribution in [0.2, 0.25) is 0 Å². The molecule has 2 aromatic rings. The van der Waals surface area contributed by atoms with Gasteiger partial charge in [-0.2, -0.15) is 5.26 Å². The first kappa shape index (κ1) is 14.2. The van der Waals surface area contributed by atoms with Crippen molar-refractivity contribution in [3.8, 4) is 6.07 Å². The highest BCUT2D eigenvalue weighted by Crippen LogP contribution is 2.18. The molecule has 1 saturated heterocycles. The zero-order valence-electron chi connectivity index (χ0n) is 12.4. The minimum Gasteiger partial charge on any atom is -0.365 e. The van der Waals surface area contributed by atoms with Gasteiger partial charge in [0.2, 0.25) is 5.95 Å². The van der Waals surface area contributed by atoms with Gasteiger partial charge in [0.05, 0.1) is 0 Å². The minimum atomic E-state index is 0.275. The summed E-state index contributed by atoms with van der Waals surface area (Å²) in [5.74, 6) is 1.45. The van der Waals surface area contributed by atoms with E-state index in [2.05, 4.69) is 36.2 Å². The highest BCUT2D eigenvalue weighted by Gasteiger charge is 2.22. The Hall–Kier alpha value is -2.75. The molecule has 0 saturated carbocycles. The molecule has 0 amide bonds. The Bertz CT molecular complexity index is 694. The highest BCUT2D eigenvalue weighted by atomic mass is 15.3. The fourth-order valence-corrected chi connectivity index (χ4v) is 2.58. The van der Waals surface area contributed by atoms with Gasteiger partial charge in [-0.25, -0.2) is 19.9 Å².